The van der Waals surface area contributed by atoms with Crippen LogP contribution in [0.1, 0.15) is 6.92 Å². The number of nitrogens with one attached hydrogen (secondary N) is 1. The first-order valence-electron chi connectivity index (χ1n) is 8.49. The molecule has 1 aliphatic heterocycles. The molecular formula is C18H21N5O3S. The summed E-state index contributed by atoms with van der Waals surface area (Å²) in [4.78, 5) is 25.5. The molecule has 3 amide bonds. The third-order valence-electron chi connectivity index (χ3n) is 4.13. The van der Waals surface area contributed by atoms with Crippen molar-refractivity contribution in [2.24, 2.45) is 0 Å². The van der Waals surface area contributed by atoms with E-state index in [1.165, 1.54) is 16.7 Å². The molecule has 1 fully saturated rings. The number of urea groups is 1. The molecule has 0 saturated carbocycles. The van der Waals surface area contributed by atoms with Crippen molar-refractivity contribution in [3.05, 3.63) is 36.9 Å². The van der Waals surface area contributed by atoms with Gasteiger partial charge in [0.15, 0.2) is 11.0 Å². The molecule has 3 rings (SSSR count). The summed E-state index contributed by atoms with van der Waals surface area (Å²) in [6.07, 6.45) is 1.75. The predicted octanol–water partition coefficient (Wildman–Crippen LogP) is 2.17. The molecule has 27 heavy (non-hydrogen) atoms. The zero-order valence-corrected chi connectivity index (χ0v) is 16.0. The number of aromatic nitrogens is 3. The number of methoxy groups -OCH3 is 1. The number of allylic oxidation sites excluding steroid dienone is 1. The highest BCUT2D eigenvalue weighted by Gasteiger charge is 2.31. The molecule has 0 aliphatic carbocycles. The molecule has 1 aromatic carbocycles. The number of nitrogens with zero attached hydrogens (tertiary/aromatic N) is 4. The van der Waals surface area contributed by atoms with Crippen molar-refractivity contribution in [3.8, 4) is 17.1 Å². The standard InChI is InChI=1S/C18H21N5O3S/c1-4-10-22-15(13-5-7-14(26-3)8-6-13)20-21-18(22)27-12(2)16(24)23-11-9-19-17(23)25/h4-8,12H,1,9-11H2,2-3H3,(H,19,25)/t12-/m1/s1. The molecule has 0 radical (unpaired) electrons. The fourth-order valence-electron chi connectivity index (χ4n) is 2.73. The molecule has 1 saturated heterocycles. The Hall–Kier alpha value is -2.81. The van der Waals surface area contributed by atoms with E-state index < -0.39 is 5.25 Å². The topological polar surface area (TPSA) is 89.4 Å². The van der Waals surface area contributed by atoms with Crippen LogP contribution in [0.25, 0.3) is 11.4 Å². The molecule has 2 aromatic rings. The normalized spacial score (nSPS) is 14.7. The van der Waals surface area contributed by atoms with Gasteiger partial charge in [-0.25, -0.2) is 4.79 Å². The Kier molecular flexibility index (Phi) is 5.80. The Balaban J connectivity index is 1.82. The first-order chi connectivity index (χ1) is 13.0. The van der Waals surface area contributed by atoms with Crippen LogP contribution in [-0.4, -0.2) is 57.1 Å². The van der Waals surface area contributed by atoms with E-state index in [-0.39, 0.29) is 11.9 Å². The van der Waals surface area contributed by atoms with Gasteiger partial charge >= 0.3 is 6.03 Å². The van der Waals surface area contributed by atoms with Crippen LogP contribution in [0.4, 0.5) is 4.79 Å². The molecule has 0 bridgehead atoms. The van der Waals surface area contributed by atoms with Crippen molar-refractivity contribution in [3.63, 3.8) is 0 Å². The Morgan fingerprint density at radius 1 is 1.41 bits per heavy atom. The molecule has 0 spiro atoms. The third kappa shape index (κ3) is 3.97. The number of thioether (sulfide) groups is 1. The molecule has 8 nitrogen and oxygen atoms in total. The summed E-state index contributed by atoms with van der Waals surface area (Å²) in [5, 5.41) is 11.3. The summed E-state index contributed by atoms with van der Waals surface area (Å²) in [6, 6.07) is 7.17. The van der Waals surface area contributed by atoms with Gasteiger partial charge in [0.2, 0.25) is 5.91 Å². The van der Waals surface area contributed by atoms with E-state index >= 15 is 0 Å². The molecule has 1 aliphatic rings. The number of carbonyl (C=O) groups is 2. The van der Waals surface area contributed by atoms with Gasteiger partial charge in [0, 0.05) is 25.2 Å². The summed E-state index contributed by atoms with van der Waals surface area (Å²) < 4.78 is 7.08. The quantitative estimate of drug-likeness (QED) is 0.579. The van der Waals surface area contributed by atoms with Crippen molar-refractivity contribution < 1.29 is 14.3 Å². The van der Waals surface area contributed by atoms with Crippen LogP contribution in [0.3, 0.4) is 0 Å². The molecular weight excluding hydrogens is 366 g/mol. The van der Waals surface area contributed by atoms with Crippen LogP contribution < -0.4 is 10.1 Å². The monoisotopic (exact) mass is 387 g/mol. The second-order valence-corrected chi connectivity index (χ2v) is 7.22. The molecule has 0 unspecified atom stereocenters. The highest BCUT2D eigenvalue weighted by molar-refractivity contribution is 8.00. The summed E-state index contributed by atoms with van der Waals surface area (Å²) in [6.45, 7) is 6.93. The zero-order valence-electron chi connectivity index (χ0n) is 15.2. The molecule has 1 atom stereocenters. The third-order valence-corrected chi connectivity index (χ3v) is 5.20. The second-order valence-electron chi connectivity index (χ2n) is 5.92. The Morgan fingerprint density at radius 2 is 2.15 bits per heavy atom. The van der Waals surface area contributed by atoms with Gasteiger partial charge in [-0.15, -0.1) is 16.8 Å². The maximum atomic E-state index is 12.5. The number of imide groups is 1. The fourth-order valence-corrected chi connectivity index (χ4v) is 3.65. The summed E-state index contributed by atoms with van der Waals surface area (Å²) in [7, 11) is 1.61. The lowest BCUT2D eigenvalue weighted by atomic mass is 10.2. The number of benzene rings is 1. The van der Waals surface area contributed by atoms with E-state index in [2.05, 4.69) is 22.1 Å². The number of ether oxygens (including phenoxy) is 1. The van der Waals surface area contributed by atoms with Crippen molar-refractivity contribution in [2.45, 2.75) is 23.9 Å². The van der Waals surface area contributed by atoms with Gasteiger partial charge in [-0.05, 0) is 31.2 Å². The number of hydrogen-bond acceptors (Lipinski definition) is 6. The van der Waals surface area contributed by atoms with Gasteiger partial charge in [0.05, 0.1) is 12.4 Å². The average molecular weight is 387 g/mol. The Labute approximate surface area is 161 Å². The van der Waals surface area contributed by atoms with Gasteiger partial charge < -0.3 is 10.1 Å². The number of carbonyl (C=O) groups excluding carboxylic acids is 2. The maximum Gasteiger partial charge on any atom is 0.324 e. The molecule has 2 heterocycles. The number of hydrogen-bond donors (Lipinski definition) is 1. The van der Waals surface area contributed by atoms with Crippen molar-refractivity contribution in [1.82, 2.24) is 25.0 Å². The highest BCUT2D eigenvalue weighted by atomic mass is 32.2. The van der Waals surface area contributed by atoms with Gasteiger partial charge in [-0.2, -0.15) is 0 Å². The number of amides is 3. The van der Waals surface area contributed by atoms with Crippen LogP contribution in [0.2, 0.25) is 0 Å². The molecule has 1 N–H and O–H groups in total. The van der Waals surface area contributed by atoms with Crippen molar-refractivity contribution >= 4 is 23.7 Å². The van der Waals surface area contributed by atoms with Gasteiger partial charge in [-0.3, -0.25) is 14.3 Å². The Morgan fingerprint density at radius 3 is 2.74 bits per heavy atom. The van der Waals surface area contributed by atoms with E-state index in [1.807, 2.05) is 28.8 Å². The van der Waals surface area contributed by atoms with Crippen molar-refractivity contribution in [2.75, 3.05) is 20.2 Å². The second kappa shape index (κ2) is 8.26. The average Bonchev–Trinajstić information content (AvgIpc) is 3.28. The van der Waals surface area contributed by atoms with Gasteiger partial charge in [0.1, 0.15) is 5.75 Å². The first kappa shape index (κ1) is 19.0. The molecule has 142 valence electrons. The first-order valence-corrected chi connectivity index (χ1v) is 9.37. The van der Waals surface area contributed by atoms with Gasteiger partial charge in [0.25, 0.3) is 0 Å². The number of rotatable bonds is 7. The highest BCUT2D eigenvalue weighted by Crippen LogP contribution is 2.28. The van der Waals surface area contributed by atoms with E-state index in [1.54, 1.807) is 20.1 Å². The lowest BCUT2D eigenvalue weighted by Gasteiger charge is -2.17. The maximum absolute atomic E-state index is 12.5. The van der Waals surface area contributed by atoms with E-state index in [9.17, 15) is 9.59 Å². The molecule has 1 aromatic heterocycles. The van der Waals surface area contributed by atoms with E-state index in [0.717, 1.165) is 11.3 Å². The minimum atomic E-state index is -0.467. The fraction of sp³-hybridized carbons (Fsp3) is 0.333. The largest absolute Gasteiger partial charge is 0.497 e. The minimum absolute atomic E-state index is 0.242. The molecule has 9 heteroatoms. The van der Waals surface area contributed by atoms with Crippen molar-refractivity contribution in [1.29, 1.82) is 0 Å². The van der Waals surface area contributed by atoms with Crippen LogP contribution in [0.5, 0.6) is 5.75 Å². The SMILES string of the molecule is C=CCn1c(S[C@H](C)C(=O)N2CCNC2=O)nnc1-c1ccc(OC)cc1. The van der Waals surface area contributed by atoms with Gasteiger partial charge in [-0.1, -0.05) is 17.8 Å². The smallest absolute Gasteiger partial charge is 0.324 e. The van der Waals surface area contributed by atoms with Crippen LogP contribution >= 0.6 is 11.8 Å². The zero-order chi connectivity index (χ0) is 19.4. The minimum Gasteiger partial charge on any atom is -0.497 e. The lowest BCUT2D eigenvalue weighted by molar-refractivity contribution is -0.126. The summed E-state index contributed by atoms with van der Waals surface area (Å²) in [5.74, 6) is 1.19. The summed E-state index contributed by atoms with van der Waals surface area (Å²) >= 11 is 1.28. The predicted molar refractivity (Wildman–Crippen MR) is 103 cm³/mol. The summed E-state index contributed by atoms with van der Waals surface area (Å²) in [5.41, 5.74) is 0.884. The van der Waals surface area contributed by atoms with E-state index in [4.69, 9.17) is 4.74 Å². The van der Waals surface area contributed by atoms with Crippen LogP contribution in [0.15, 0.2) is 42.1 Å². The van der Waals surface area contributed by atoms with Crippen LogP contribution in [0, 0.1) is 0 Å². The van der Waals surface area contributed by atoms with E-state index in [0.29, 0.717) is 30.6 Å². The van der Waals surface area contributed by atoms with Crippen LogP contribution in [-0.2, 0) is 11.3 Å². The Bertz CT molecular complexity index is 849. The lowest BCUT2D eigenvalue weighted by Crippen LogP contribution is -2.39.